The number of rotatable bonds is 8. The highest BCUT2D eigenvalue weighted by molar-refractivity contribution is 8.00. The van der Waals surface area contributed by atoms with E-state index < -0.39 is 12.0 Å². The number of amides is 2. The van der Waals surface area contributed by atoms with E-state index in [1.54, 1.807) is 6.07 Å². The Morgan fingerprint density at radius 2 is 2.11 bits per heavy atom. The lowest BCUT2D eigenvalue weighted by Gasteiger charge is -2.10. The number of carbonyl (C=O) groups excluding carboxylic acids is 2. The Morgan fingerprint density at radius 3 is 2.68 bits per heavy atom. The lowest BCUT2D eigenvalue weighted by atomic mass is 10.3. The van der Waals surface area contributed by atoms with Crippen LogP contribution in [0, 0.1) is 0 Å². The topological polar surface area (TPSA) is 121 Å². The van der Waals surface area contributed by atoms with Gasteiger partial charge in [-0.05, 0) is 6.07 Å². The fourth-order valence-corrected chi connectivity index (χ4v) is 1.92. The average Bonchev–Trinajstić information content (AvgIpc) is 2.38. The van der Waals surface area contributed by atoms with Crippen LogP contribution >= 0.6 is 11.8 Å². The van der Waals surface area contributed by atoms with Gasteiger partial charge in [0.2, 0.25) is 18.3 Å². The molecule has 0 saturated heterocycles. The van der Waals surface area contributed by atoms with E-state index in [0.29, 0.717) is 6.41 Å². The van der Waals surface area contributed by atoms with Gasteiger partial charge in [0, 0.05) is 18.1 Å². The van der Waals surface area contributed by atoms with Crippen molar-refractivity contribution in [3.63, 3.8) is 0 Å². The summed E-state index contributed by atoms with van der Waals surface area (Å²) in [5, 5.41) is 13.4. The van der Waals surface area contributed by atoms with Gasteiger partial charge in [0.1, 0.15) is 6.04 Å². The van der Waals surface area contributed by atoms with E-state index in [9.17, 15) is 14.4 Å². The predicted octanol–water partition coefficient (Wildman–Crippen LogP) is -0.653. The monoisotopic (exact) mass is 284 g/mol. The molecule has 102 valence electrons. The number of hydrogen-bond acceptors (Lipinski definition) is 6. The number of aliphatic carboxylic acids is 1. The zero-order valence-corrected chi connectivity index (χ0v) is 10.6. The molecule has 19 heavy (non-hydrogen) atoms. The zero-order chi connectivity index (χ0) is 14.1. The van der Waals surface area contributed by atoms with Crippen LogP contribution in [0.15, 0.2) is 18.5 Å². The summed E-state index contributed by atoms with van der Waals surface area (Å²) in [5.41, 5.74) is 0. The van der Waals surface area contributed by atoms with Crippen LogP contribution in [0.1, 0.15) is 0 Å². The van der Waals surface area contributed by atoms with Crippen molar-refractivity contribution in [2.75, 3.05) is 16.8 Å². The summed E-state index contributed by atoms with van der Waals surface area (Å²) < 4.78 is 0. The maximum Gasteiger partial charge on any atom is 0.327 e. The first kappa shape index (κ1) is 14.9. The zero-order valence-electron chi connectivity index (χ0n) is 9.78. The van der Waals surface area contributed by atoms with Gasteiger partial charge in [-0.2, -0.15) is 0 Å². The fourth-order valence-electron chi connectivity index (χ4n) is 1.07. The highest BCUT2D eigenvalue weighted by atomic mass is 32.2. The summed E-state index contributed by atoms with van der Waals surface area (Å²) in [5.74, 6) is -1.16. The van der Waals surface area contributed by atoms with Gasteiger partial charge in [0.05, 0.1) is 5.75 Å². The van der Waals surface area contributed by atoms with Crippen molar-refractivity contribution in [2.24, 2.45) is 0 Å². The highest BCUT2D eigenvalue weighted by Gasteiger charge is 2.16. The number of nitrogens with zero attached hydrogens (tertiary/aromatic N) is 2. The molecule has 3 N–H and O–H groups in total. The molecular formula is C10H12N4O4S. The summed E-state index contributed by atoms with van der Waals surface area (Å²) >= 11 is 1.09. The predicted molar refractivity (Wildman–Crippen MR) is 68.6 cm³/mol. The second-order valence-electron chi connectivity index (χ2n) is 3.31. The normalized spacial score (nSPS) is 11.4. The molecule has 1 rings (SSSR count). The quantitative estimate of drug-likeness (QED) is 0.542. The van der Waals surface area contributed by atoms with Gasteiger partial charge in [-0.25, -0.2) is 14.8 Å². The smallest absolute Gasteiger partial charge is 0.327 e. The van der Waals surface area contributed by atoms with Crippen molar-refractivity contribution < 1.29 is 19.5 Å². The first-order valence-electron chi connectivity index (χ1n) is 5.20. The van der Waals surface area contributed by atoms with E-state index in [2.05, 4.69) is 20.6 Å². The summed E-state index contributed by atoms with van der Waals surface area (Å²) in [6.45, 7) is 0. The SMILES string of the molecule is O=CNC(CSCC(=O)Nc1ncccn1)C(=O)O. The van der Waals surface area contributed by atoms with Gasteiger partial charge in [0.25, 0.3) is 0 Å². The van der Waals surface area contributed by atoms with Crippen LogP contribution in [0.2, 0.25) is 0 Å². The molecule has 1 unspecified atom stereocenters. The summed E-state index contributed by atoms with van der Waals surface area (Å²) in [4.78, 5) is 40.0. The molecule has 0 aliphatic heterocycles. The van der Waals surface area contributed by atoms with Crippen molar-refractivity contribution >= 4 is 36.0 Å². The van der Waals surface area contributed by atoms with Crippen LogP contribution < -0.4 is 10.6 Å². The Morgan fingerprint density at radius 1 is 1.42 bits per heavy atom. The van der Waals surface area contributed by atoms with E-state index in [1.165, 1.54) is 12.4 Å². The molecule has 1 aromatic rings. The van der Waals surface area contributed by atoms with Crippen molar-refractivity contribution in [3.05, 3.63) is 18.5 Å². The summed E-state index contributed by atoms with van der Waals surface area (Å²) in [6, 6.07) is 0.607. The van der Waals surface area contributed by atoms with Gasteiger partial charge in [0.15, 0.2) is 0 Å². The molecule has 1 atom stereocenters. The minimum Gasteiger partial charge on any atom is -0.480 e. The molecule has 2 amide bonds. The van der Waals surface area contributed by atoms with Crippen molar-refractivity contribution in [3.8, 4) is 0 Å². The van der Waals surface area contributed by atoms with Crippen molar-refractivity contribution in [1.82, 2.24) is 15.3 Å². The van der Waals surface area contributed by atoms with Gasteiger partial charge in [-0.1, -0.05) is 0 Å². The second kappa shape index (κ2) is 8.03. The molecule has 0 aromatic carbocycles. The van der Waals surface area contributed by atoms with Gasteiger partial charge in [-0.3, -0.25) is 14.9 Å². The Hall–Kier alpha value is -2.16. The maximum atomic E-state index is 11.5. The molecule has 0 radical (unpaired) electrons. The van der Waals surface area contributed by atoms with E-state index in [-0.39, 0.29) is 23.4 Å². The lowest BCUT2D eigenvalue weighted by molar-refractivity contribution is -0.139. The molecule has 0 bridgehead atoms. The Labute approximate surface area is 113 Å². The minimum absolute atomic E-state index is 0.0442. The summed E-state index contributed by atoms with van der Waals surface area (Å²) in [6.07, 6.45) is 3.30. The fraction of sp³-hybridized carbons (Fsp3) is 0.300. The Bertz CT molecular complexity index is 442. The second-order valence-corrected chi connectivity index (χ2v) is 4.34. The minimum atomic E-state index is -1.15. The largest absolute Gasteiger partial charge is 0.480 e. The molecule has 8 nitrogen and oxygen atoms in total. The summed E-state index contributed by atoms with van der Waals surface area (Å²) in [7, 11) is 0. The first-order valence-corrected chi connectivity index (χ1v) is 6.36. The van der Waals surface area contributed by atoms with E-state index in [4.69, 9.17) is 5.11 Å². The molecule has 0 aliphatic carbocycles. The lowest BCUT2D eigenvalue weighted by Crippen LogP contribution is -2.38. The highest BCUT2D eigenvalue weighted by Crippen LogP contribution is 2.04. The number of thioether (sulfide) groups is 1. The van der Waals surface area contributed by atoms with Gasteiger partial charge in [-0.15, -0.1) is 11.8 Å². The number of carboxylic acids is 1. The number of hydrogen-bond donors (Lipinski definition) is 3. The molecule has 0 fully saturated rings. The van der Waals surface area contributed by atoms with Crippen LogP contribution in [-0.2, 0) is 14.4 Å². The van der Waals surface area contributed by atoms with Gasteiger partial charge >= 0.3 is 5.97 Å². The Balaban J connectivity index is 2.30. The number of nitrogens with one attached hydrogen (secondary N) is 2. The molecular weight excluding hydrogens is 272 g/mol. The Kier molecular flexibility index (Phi) is 6.30. The third-order valence-electron chi connectivity index (χ3n) is 1.90. The number of aromatic nitrogens is 2. The van der Waals surface area contributed by atoms with Crippen LogP contribution in [0.4, 0.5) is 5.95 Å². The third-order valence-corrected chi connectivity index (χ3v) is 2.94. The first-order chi connectivity index (χ1) is 9.13. The van der Waals surface area contributed by atoms with E-state index >= 15 is 0 Å². The van der Waals surface area contributed by atoms with Crippen molar-refractivity contribution in [2.45, 2.75) is 6.04 Å². The number of carbonyl (C=O) groups is 3. The maximum absolute atomic E-state index is 11.5. The molecule has 0 aliphatic rings. The molecule has 0 saturated carbocycles. The molecule has 0 spiro atoms. The standard InChI is InChI=1S/C10H12N4O4S/c15-6-13-7(9(17)18)4-19-5-8(16)14-10-11-2-1-3-12-10/h1-3,6-7H,4-5H2,(H,13,15)(H,17,18)(H,11,12,14,16). The molecule has 1 aromatic heterocycles. The van der Waals surface area contributed by atoms with Crippen LogP contribution in [-0.4, -0.2) is 50.9 Å². The average molecular weight is 284 g/mol. The van der Waals surface area contributed by atoms with Crippen LogP contribution in [0.5, 0.6) is 0 Å². The third kappa shape index (κ3) is 5.82. The number of carboxylic acid groups (broad SMARTS) is 1. The van der Waals surface area contributed by atoms with Crippen LogP contribution in [0.25, 0.3) is 0 Å². The van der Waals surface area contributed by atoms with Crippen LogP contribution in [0.3, 0.4) is 0 Å². The van der Waals surface area contributed by atoms with E-state index in [1.807, 2.05) is 0 Å². The van der Waals surface area contributed by atoms with Gasteiger partial charge < -0.3 is 10.4 Å². The molecule has 9 heteroatoms. The van der Waals surface area contributed by atoms with Crippen molar-refractivity contribution in [1.29, 1.82) is 0 Å². The number of anilines is 1. The van der Waals surface area contributed by atoms with E-state index in [0.717, 1.165) is 11.8 Å². The molecule has 1 heterocycles.